The van der Waals surface area contributed by atoms with Gasteiger partial charge in [0.05, 0.1) is 6.54 Å². The average molecular weight is 533 g/mol. The minimum Gasteiger partial charge on any atom is -0.341 e. The minimum atomic E-state index is -3.90. The molecule has 2 aromatic heterocycles. The number of halogens is 1. The Morgan fingerprint density at radius 1 is 1.14 bits per heavy atom. The number of hydrogen-bond donors (Lipinski definition) is 1. The third-order valence-electron chi connectivity index (χ3n) is 6.60. The Labute approximate surface area is 212 Å². The van der Waals surface area contributed by atoms with Gasteiger partial charge in [0, 0.05) is 47.7 Å². The summed E-state index contributed by atoms with van der Waals surface area (Å²) in [6.45, 7) is 1.64. The molecule has 0 spiro atoms. The molecule has 3 aromatic rings. The summed E-state index contributed by atoms with van der Waals surface area (Å²) in [4.78, 5) is 33.3. The molecule has 1 N–H and O–H groups in total. The van der Waals surface area contributed by atoms with Crippen molar-refractivity contribution in [2.45, 2.75) is 35.4 Å². The maximum Gasteiger partial charge on any atom is 0.250 e. The number of fused-ring (bicyclic) bond motifs is 1. The summed E-state index contributed by atoms with van der Waals surface area (Å²) in [7, 11) is -3.90. The number of piperidine rings is 1. The van der Waals surface area contributed by atoms with Crippen LogP contribution in [0.25, 0.3) is 10.1 Å². The number of likely N-dealkylation sites (tertiary alicyclic amines) is 2. The lowest BCUT2D eigenvalue weighted by molar-refractivity contribution is -0.142. The van der Waals surface area contributed by atoms with Gasteiger partial charge >= 0.3 is 0 Å². The first kappa shape index (κ1) is 24.2. The van der Waals surface area contributed by atoms with E-state index < -0.39 is 16.1 Å². The molecule has 2 fully saturated rings. The summed E-state index contributed by atoms with van der Waals surface area (Å²) in [5.41, 5.74) is 1.15. The molecule has 2 atom stereocenters. The number of aromatic nitrogens is 1. The van der Waals surface area contributed by atoms with Gasteiger partial charge in [0.15, 0.2) is 0 Å². The Kier molecular flexibility index (Phi) is 6.80. The van der Waals surface area contributed by atoms with Crippen molar-refractivity contribution in [1.82, 2.24) is 19.5 Å². The van der Waals surface area contributed by atoms with Crippen LogP contribution in [0.5, 0.6) is 0 Å². The smallest absolute Gasteiger partial charge is 0.250 e. The van der Waals surface area contributed by atoms with Gasteiger partial charge in [-0.25, -0.2) is 8.42 Å². The Balaban J connectivity index is 1.22. The fraction of sp³-hybridized carbons (Fsp3) is 0.375. The van der Waals surface area contributed by atoms with E-state index in [9.17, 15) is 18.0 Å². The molecule has 184 valence electrons. The van der Waals surface area contributed by atoms with Crippen LogP contribution in [0.1, 0.15) is 30.7 Å². The lowest BCUT2D eigenvalue weighted by Gasteiger charge is -2.33. The molecule has 5 rings (SSSR count). The Hall–Kier alpha value is -2.53. The lowest BCUT2D eigenvalue weighted by atomic mass is 10.00. The molecule has 2 aliphatic rings. The second-order valence-corrected chi connectivity index (χ2v) is 12.4. The summed E-state index contributed by atoms with van der Waals surface area (Å²) < 4.78 is 29.5. The predicted molar refractivity (Wildman–Crippen MR) is 135 cm³/mol. The number of hydrogen-bond acceptors (Lipinski definition) is 6. The maximum absolute atomic E-state index is 13.1. The number of amides is 2. The molecule has 0 radical (unpaired) electrons. The third kappa shape index (κ3) is 5.20. The standard InChI is InChI=1S/C24H25ClN4O4S2/c25-19-4-3-17-12-23(34-21(17)13-19)35(32,33)27-20-2-1-10-29(24(20)31)15-22(30)28-11-7-18(14-28)16-5-8-26-9-6-16/h3-6,8-9,12-13,18,20,27H,1-2,7,10-11,14-15H2. The van der Waals surface area contributed by atoms with E-state index >= 15 is 0 Å². The van der Waals surface area contributed by atoms with E-state index in [1.54, 1.807) is 41.6 Å². The van der Waals surface area contributed by atoms with Gasteiger partial charge in [-0.15, -0.1) is 11.3 Å². The van der Waals surface area contributed by atoms with Crippen molar-refractivity contribution >= 4 is 54.9 Å². The Bertz CT molecular complexity index is 1360. The van der Waals surface area contributed by atoms with Crippen molar-refractivity contribution in [3.05, 3.63) is 59.4 Å². The molecule has 4 heterocycles. The summed E-state index contributed by atoms with van der Waals surface area (Å²) >= 11 is 7.13. The Morgan fingerprint density at radius 2 is 1.94 bits per heavy atom. The SMILES string of the molecule is O=C(CN1CCCC(NS(=O)(=O)c2cc3ccc(Cl)cc3s2)C1=O)N1CCC(c2ccncc2)C1. The van der Waals surface area contributed by atoms with Crippen LogP contribution in [0.2, 0.25) is 5.02 Å². The number of sulfonamides is 1. The van der Waals surface area contributed by atoms with E-state index in [-0.39, 0.29) is 28.5 Å². The number of pyridine rings is 1. The van der Waals surface area contributed by atoms with Crippen molar-refractivity contribution < 1.29 is 18.0 Å². The summed E-state index contributed by atoms with van der Waals surface area (Å²) in [5, 5.41) is 1.31. The molecule has 1 aromatic carbocycles. The number of rotatable bonds is 6. The highest BCUT2D eigenvalue weighted by atomic mass is 35.5. The Morgan fingerprint density at radius 3 is 2.74 bits per heavy atom. The van der Waals surface area contributed by atoms with Crippen LogP contribution in [0.3, 0.4) is 0 Å². The van der Waals surface area contributed by atoms with Crippen LogP contribution in [0.15, 0.2) is 53.0 Å². The third-order valence-corrected chi connectivity index (χ3v) is 9.88. The molecule has 0 bridgehead atoms. The van der Waals surface area contributed by atoms with E-state index in [4.69, 9.17) is 11.6 Å². The van der Waals surface area contributed by atoms with Gasteiger partial charge in [0.1, 0.15) is 10.3 Å². The van der Waals surface area contributed by atoms with Gasteiger partial charge in [0.25, 0.3) is 10.0 Å². The van der Waals surface area contributed by atoms with E-state index in [1.807, 2.05) is 12.1 Å². The summed E-state index contributed by atoms with van der Waals surface area (Å²) in [5.74, 6) is -0.211. The molecular weight excluding hydrogens is 508 g/mol. The molecule has 2 unspecified atom stereocenters. The van der Waals surface area contributed by atoms with Crippen molar-refractivity contribution in [3.8, 4) is 0 Å². The van der Waals surface area contributed by atoms with Crippen molar-refractivity contribution in [1.29, 1.82) is 0 Å². The molecule has 2 saturated heterocycles. The molecule has 2 aliphatic heterocycles. The zero-order chi connectivity index (χ0) is 24.6. The van der Waals surface area contributed by atoms with Crippen molar-refractivity contribution in [2.24, 2.45) is 0 Å². The molecular formula is C24H25ClN4O4S2. The summed E-state index contributed by atoms with van der Waals surface area (Å²) in [6, 6.07) is 9.82. The van der Waals surface area contributed by atoms with E-state index in [0.29, 0.717) is 37.5 Å². The van der Waals surface area contributed by atoms with Gasteiger partial charge in [-0.3, -0.25) is 14.6 Å². The second kappa shape index (κ2) is 9.85. The fourth-order valence-electron chi connectivity index (χ4n) is 4.72. The average Bonchev–Trinajstić information content (AvgIpc) is 3.50. The highest BCUT2D eigenvalue weighted by molar-refractivity contribution is 7.91. The van der Waals surface area contributed by atoms with Crippen molar-refractivity contribution in [2.75, 3.05) is 26.2 Å². The largest absolute Gasteiger partial charge is 0.341 e. The highest BCUT2D eigenvalue weighted by Gasteiger charge is 2.35. The number of thiophene rings is 1. The number of carbonyl (C=O) groups is 2. The van der Waals surface area contributed by atoms with Crippen LogP contribution in [0.4, 0.5) is 0 Å². The van der Waals surface area contributed by atoms with E-state index in [2.05, 4.69) is 9.71 Å². The van der Waals surface area contributed by atoms with Crippen LogP contribution in [-0.4, -0.2) is 67.2 Å². The number of benzene rings is 1. The minimum absolute atomic E-state index is 0.0402. The van der Waals surface area contributed by atoms with Gasteiger partial charge in [0.2, 0.25) is 11.8 Å². The van der Waals surface area contributed by atoms with Gasteiger partial charge in [-0.1, -0.05) is 17.7 Å². The quantitative estimate of drug-likeness (QED) is 0.525. The van der Waals surface area contributed by atoms with Crippen molar-refractivity contribution in [3.63, 3.8) is 0 Å². The highest BCUT2D eigenvalue weighted by Crippen LogP contribution is 2.31. The summed E-state index contributed by atoms with van der Waals surface area (Å²) in [6.07, 6.45) is 5.39. The van der Waals surface area contributed by atoms with Gasteiger partial charge in [-0.05, 0) is 60.5 Å². The van der Waals surface area contributed by atoms with Crippen LogP contribution in [0, 0.1) is 0 Å². The normalized spacial score (nSPS) is 21.1. The predicted octanol–water partition coefficient (Wildman–Crippen LogP) is 3.24. The molecule has 2 amide bonds. The first-order chi connectivity index (χ1) is 16.8. The van der Waals surface area contributed by atoms with Crippen LogP contribution < -0.4 is 4.72 Å². The molecule has 11 heteroatoms. The van der Waals surface area contributed by atoms with Gasteiger partial charge < -0.3 is 9.80 Å². The van der Waals surface area contributed by atoms with Gasteiger partial charge in [-0.2, -0.15) is 4.72 Å². The fourth-order valence-corrected chi connectivity index (χ4v) is 7.64. The monoisotopic (exact) mass is 532 g/mol. The molecule has 35 heavy (non-hydrogen) atoms. The van der Waals surface area contributed by atoms with Crippen LogP contribution >= 0.6 is 22.9 Å². The maximum atomic E-state index is 13.1. The molecule has 8 nitrogen and oxygen atoms in total. The number of nitrogens with one attached hydrogen (secondary N) is 1. The van der Waals surface area contributed by atoms with Crippen LogP contribution in [-0.2, 0) is 19.6 Å². The molecule has 0 saturated carbocycles. The zero-order valence-electron chi connectivity index (χ0n) is 18.9. The number of carbonyl (C=O) groups excluding carboxylic acids is 2. The first-order valence-electron chi connectivity index (χ1n) is 11.5. The van der Waals surface area contributed by atoms with E-state index in [1.165, 1.54) is 4.90 Å². The topological polar surface area (TPSA) is 99.7 Å². The number of nitrogens with zero attached hydrogens (tertiary/aromatic N) is 3. The lowest BCUT2D eigenvalue weighted by Crippen LogP contribution is -2.54. The second-order valence-electron chi connectivity index (χ2n) is 8.93. The van der Waals surface area contributed by atoms with E-state index in [0.717, 1.165) is 33.4 Å². The zero-order valence-corrected chi connectivity index (χ0v) is 21.3. The molecule has 0 aliphatic carbocycles. The first-order valence-corrected chi connectivity index (χ1v) is 14.2.